The molecule has 0 saturated carbocycles. The van der Waals surface area contributed by atoms with E-state index < -0.39 is 15.7 Å². The van der Waals surface area contributed by atoms with Gasteiger partial charge in [-0.25, -0.2) is 27.8 Å². The molecule has 0 saturated heterocycles. The van der Waals surface area contributed by atoms with E-state index in [0.29, 0.717) is 5.56 Å². The summed E-state index contributed by atoms with van der Waals surface area (Å²) in [5.74, 6) is -0.145. The lowest BCUT2D eigenvalue weighted by atomic mass is 10.0. The molecule has 4 aromatic rings. The molecule has 0 unspecified atom stereocenters. The minimum Gasteiger partial charge on any atom is -0.382 e. The predicted octanol–water partition coefficient (Wildman–Crippen LogP) is 3.85. The highest BCUT2D eigenvalue weighted by Gasteiger charge is 2.28. The van der Waals surface area contributed by atoms with Crippen LogP contribution >= 0.6 is 0 Å². The molecule has 10 heteroatoms. The number of fused-ring (bicyclic) bond motifs is 1. The highest BCUT2D eigenvalue weighted by molar-refractivity contribution is 7.91. The van der Waals surface area contributed by atoms with Gasteiger partial charge in [0.05, 0.1) is 10.4 Å². The molecular formula is C23H19FN6O2S. The van der Waals surface area contributed by atoms with Gasteiger partial charge in [0.1, 0.15) is 35.4 Å². The van der Waals surface area contributed by atoms with Gasteiger partial charge in [-0.05, 0) is 30.7 Å². The van der Waals surface area contributed by atoms with Crippen molar-refractivity contribution in [3.8, 4) is 17.2 Å². The average Bonchev–Trinajstić information content (AvgIpc) is 2.79. The summed E-state index contributed by atoms with van der Waals surface area (Å²) < 4.78 is 40.3. The van der Waals surface area contributed by atoms with Crippen molar-refractivity contribution in [2.24, 2.45) is 0 Å². The molecule has 4 rings (SSSR count). The zero-order valence-electron chi connectivity index (χ0n) is 17.8. The first-order chi connectivity index (χ1) is 15.8. The van der Waals surface area contributed by atoms with Crippen molar-refractivity contribution < 1.29 is 12.8 Å². The van der Waals surface area contributed by atoms with Gasteiger partial charge in [-0.1, -0.05) is 30.3 Å². The molecule has 0 amide bonds. The van der Waals surface area contributed by atoms with E-state index in [2.05, 4.69) is 9.97 Å². The Kier molecular flexibility index (Phi) is 5.66. The Hall–Kier alpha value is -4.10. The van der Waals surface area contributed by atoms with Crippen molar-refractivity contribution in [1.82, 2.24) is 15.0 Å². The summed E-state index contributed by atoms with van der Waals surface area (Å²) in [6.07, 6.45) is 2.30. The minimum absolute atomic E-state index is 0.00610. The van der Waals surface area contributed by atoms with Gasteiger partial charge in [-0.3, -0.25) is 0 Å². The molecule has 0 atom stereocenters. The van der Waals surface area contributed by atoms with Gasteiger partial charge in [-0.15, -0.1) is 0 Å². The molecule has 0 spiro atoms. The fourth-order valence-corrected chi connectivity index (χ4v) is 4.88. The second-order valence-electron chi connectivity index (χ2n) is 7.25. The van der Waals surface area contributed by atoms with E-state index in [1.54, 1.807) is 35.2 Å². The molecule has 2 N–H and O–H groups in total. The van der Waals surface area contributed by atoms with Crippen LogP contribution in [-0.4, -0.2) is 36.2 Å². The Bertz CT molecular complexity index is 1520. The van der Waals surface area contributed by atoms with Gasteiger partial charge in [-0.2, -0.15) is 5.26 Å². The summed E-state index contributed by atoms with van der Waals surface area (Å²) in [6.45, 7) is 2.10. The van der Waals surface area contributed by atoms with Crippen LogP contribution in [0.5, 0.6) is 0 Å². The van der Waals surface area contributed by atoms with E-state index in [1.165, 1.54) is 18.5 Å². The summed E-state index contributed by atoms with van der Waals surface area (Å²) in [5, 5.41) is 9.83. The number of hydrogen-bond donors (Lipinski definition) is 1. The number of anilines is 3. The molecule has 0 fully saturated rings. The lowest BCUT2D eigenvalue weighted by Crippen LogP contribution is -2.23. The number of halogens is 1. The van der Waals surface area contributed by atoms with Gasteiger partial charge in [0.2, 0.25) is 0 Å². The third-order valence-corrected chi connectivity index (χ3v) is 6.28. The summed E-state index contributed by atoms with van der Waals surface area (Å²) in [4.78, 5) is 14.4. The zero-order valence-corrected chi connectivity index (χ0v) is 18.6. The maximum atomic E-state index is 14.2. The number of nitriles is 1. The van der Waals surface area contributed by atoms with E-state index in [0.717, 1.165) is 12.3 Å². The Labute approximate surface area is 190 Å². The van der Waals surface area contributed by atoms with Crippen LogP contribution in [0.1, 0.15) is 12.5 Å². The van der Waals surface area contributed by atoms with Crippen LogP contribution in [0.3, 0.4) is 0 Å². The number of nitrogen functional groups attached to an aromatic ring is 1. The molecule has 0 aliphatic heterocycles. The number of benzene rings is 2. The van der Waals surface area contributed by atoms with Crippen LogP contribution < -0.4 is 10.6 Å². The maximum absolute atomic E-state index is 14.2. The number of nitrogens with zero attached hydrogens (tertiary/aromatic N) is 5. The van der Waals surface area contributed by atoms with Gasteiger partial charge in [0.25, 0.3) is 0 Å². The molecule has 2 heterocycles. The maximum Gasteiger partial charge on any atom is 0.176 e. The number of nitrogens with two attached hydrogens (primary N) is 1. The Morgan fingerprint density at radius 1 is 1.12 bits per heavy atom. The topological polar surface area (TPSA) is 126 Å². The number of pyridine rings is 1. The molecule has 2 aromatic heterocycles. The molecule has 0 aliphatic carbocycles. The highest BCUT2D eigenvalue weighted by Crippen LogP contribution is 2.42. The first-order valence-corrected chi connectivity index (χ1v) is 11.8. The van der Waals surface area contributed by atoms with Gasteiger partial charge >= 0.3 is 0 Å². The van der Waals surface area contributed by atoms with Gasteiger partial charge in [0.15, 0.2) is 15.7 Å². The highest BCUT2D eigenvalue weighted by atomic mass is 32.2. The molecule has 166 valence electrons. The minimum atomic E-state index is -3.85. The van der Waals surface area contributed by atoms with Crippen LogP contribution in [0.4, 0.5) is 21.8 Å². The third kappa shape index (κ3) is 3.94. The summed E-state index contributed by atoms with van der Waals surface area (Å²) in [5.41, 5.74) is 7.06. The van der Waals surface area contributed by atoms with Crippen LogP contribution in [-0.2, 0) is 9.84 Å². The smallest absolute Gasteiger partial charge is 0.176 e. The summed E-state index contributed by atoms with van der Waals surface area (Å²) in [7, 11) is -3.85. The first-order valence-electron chi connectivity index (χ1n) is 9.93. The van der Waals surface area contributed by atoms with Crippen molar-refractivity contribution in [3.63, 3.8) is 0 Å². The van der Waals surface area contributed by atoms with Crippen LogP contribution in [0, 0.1) is 17.1 Å². The predicted molar refractivity (Wildman–Crippen MR) is 124 cm³/mol. The summed E-state index contributed by atoms with van der Waals surface area (Å²) in [6, 6.07) is 14.6. The Morgan fingerprint density at radius 3 is 2.48 bits per heavy atom. The lowest BCUT2D eigenvalue weighted by molar-refractivity contribution is 0.602. The fraction of sp³-hybridized carbons (Fsp3) is 0.130. The SMILES string of the molecule is CCN(c1ncnc(N)c1C#N)c1nc2ccc(F)cc2c(S(C)(=O)=O)c1-c1ccccc1. The largest absolute Gasteiger partial charge is 0.382 e. The molecular weight excluding hydrogens is 443 g/mol. The molecule has 0 radical (unpaired) electrons. The van der Waals surface area contributed by atoms with E-state index in [9.17, 15) is 18.1 Å². The first kappa shape index (κ1) is 22.1. The number of aromatic nitrogens is 3. The molecule has 2 aromatic carbocycles. The zero-order chi connectivity index (χ0) is 23.8. The van der Waals surface area contributed by atoms with Crippen LogP contribution in [0.15, 0.2) is 59.8 Å². The Balaban J connectivity index is 2.21. The van der Waals surface area contributed by atoms with Crippen molar-refractivity contribution in [1.29, 1.82) is 5.26 Å². The van der Waals surface area contributed by atoms with E-state index in [-0.39, 0.29) is 50.9 Å². The van der Waals surface area contributed by atoms with Gasteiger partial charge < -0.3 is 10.6 Å². The summed E-state index contributed by atoms with van der Waals surface area (Å²) >= 11 is 0. The monoisotopic (exact) mass is 462 g/mol. The third-order valence-electron chi connectivity index (χ3n) is 5.11. The fourth-order valence-electron chi connectivity index (χ4n) is 3.74. The van der Waals surface area contributed by atoms with E-state index >= 15 is 0 Å². The molecule has 33 heavy (non-hydrogen) atoms. The second kappa shape index (κ2) is 8.44. The number of sulfone groups is 1. The quantitative estimate of drug-likeness (QED) is 0.474. The van der Waals surface area contributed by atoms with E-state index in [1.807, 2.05) is 13.0 Å². The standard InChI is InChI=1S/C23H19FN6O2S/c1-3-30(22-17(12-25)21(26)27-13-28-22)23-19(14-7-5-4-6-8-14)20(33(2,31)32)16-11-15(24)9-10-18(16)29-23/h4-11,13H,3H2,1-2H3,(H2,26,27,28). The molecule has 0 bridgehead atoms. The van der Waals surface area contributed by atoms with Crippen molar-refractivity contribution >= 4 is 38.2 Å². The van der Waals surface area contributed by atoms with Crippen molar-refractivity contribution in [2.45, 2.75) is 11.8 Å². The van der Waals surface area contributed by atoms with E-state index in [4.69, 9.17) is 10.7 Å². The molecule has 8 nitrogen and oxygen atoms in total. The van der Waals surface area contributed by atoms with Crippen molar-refractivity contribution in [2.75, 3.05) is 23.4 Å². The lowest BCUT2D eigenvalue weighted by Gasteiger charge is -2.26. The van der Waals surface area contributed by atoms with Crippen molar-refractivity contribution in [3.05, 3.63) is 66.2 Å². The van der Waals surface area contributed by atoms with Gasteiger partial charge in [0, 0.05) is 23.8 Å². The second-order valence-corrected chi connectivity index (χ2v) is 9.21. The average molecular weight is 463 g/mol. The number of rotatable bonds is 5. The van der Waals surface area contributed by atoms with Crippen LogP contribution in [0.2, 0.25) is 0 Å². The van der Waals surface area contributed by atoms with Crippen LogP contribution in [0.25, 0.3) is 22.0 Å². The number of hydrogen-bond acceptors (Lipinski definition) is 8. The Morgan fingerprint density at radius 2 is 1.85 bits per heavy atom. The molecule has 0 aliphatic rings. The normalized spacial score (nSPS) is 11.3.